The molecule has 2 aromatic heterocycles. The smallest absolute Gasteiger partial charge is 0.348 e. The third kappa shape index (κ3) is 5.17. The van der Waals surface area contributed by atoms with Crippen molar-refractivity contribution >= 4 is 27.5 Å². The molecular weight excluding hydrogens is 430 g/mol. The fourth-order valence-electron chi connectivity index (χ4n) is 3.82. The summed E-state index contributed by atoms with van der Waals surface area (Å²) in [6.45, 7) is 7.42. The number of hydrogen-bond donors (Lipinski definition) is 1. The van der Waals surface area contributed by atoms with Gasteiger partial charge in [0.05, 0.1) is 25.6 Å². The van der Waals surface area contributed by atoms with Gasteiger partial charge in [-0.1, -0.05) is 12.1 Å². The van der Waals surface area contributed by atoms with E-state index in [1.807, 2.05) is 20.9 Å². The van der Waals surface area contributed by atoms with Gasteiger partial charge in [-0.15, -0.1) is 11.3 Å². The molecule has 3 rings (SSSR count). The van der Waals surface area contributed by atoms with Gasteiger partial charge in [-0.05, 0) is 50.1 Å². The minimum absolute atomic E-state index is 0.160. The molecule has 0 unspecified atom stereocenters. The van der Waals surface area contributed by atoms with Crippen LogP contribution in [0.2, 0.25) is 0 Å². The summed E-state index contributed by atoms with van der Waals surface area (Å²) < 4.78 is 15.5. The maximum atomic E-state index is 12.7. The average Bonchev–Trinajstić information content (AvgIpc) is 3.04. The summed E-state index contributed by atoms with van der Waals surface area (Å²) in [5.41, 5.74) is 3.66. The number of rotatable bonds is 9. The molecule has 0 spiro atoms. The molecule has 1 aromatic carbocycles. The first-order valence-corrected chi connectivity index (χ1v) is 11.1. The van der Waals surface area contributed by atoms with Gasteiger partial charge in [0.2, 0.25) is 0 Å². The number of fused-ring (bicyclic) bond motifs is 1. The van der Waals surface area contributed by atoms with Crippen LogP contribution in [0.4, 0.5) is 0 Å². The molecule has 0 saturated heterocycles. The number of thiophene rings is 1. The van der Waals surface area contributed by atoms with Crippen molar-refractivity contribution in [2.24, 2.45) is 0 Å². The van der Waals surface area contributed by atoms with Gasteiger partial charge in [0, 0.05) is 13.7 Å². The largest absolute Gasteiger partial charge is 0.496 e. The monoisotopic (exact) mass is 459 g/mol. The first kappa shape index (κ1) is 23.9. The normalized spacial score (nSPS) is 11.3. The minimum Gasteiger partial charge on any atom is -0.496 e. The molecule has 1 N–H and O–H groups in total. The molecule has 32 heavy (non-hydrogen) atoms. The van der Waals surface area contributed by atoms with Gasteiger partial charge >= 0.3 is 5.97 Å². The standard InChI is InChI=1S/C23H29N3O5S/c1-13-9-16(10-14(2)19(13)30-6)11-26(4)12-17-24-21(27)18-15(3)20(32-22(18)25-17)23(28)31-8-7-29-5/h9-10H,7-8,11-12H2,1-6H3,(H,24,25,27). The molecule has 0 atom stereocenters. The Labute approximate surface area is 191 Å². The number of nitrogens with zero attached hydrogens (tertiary/aromatic N) is 2. The number of hydrogen-bond acceptors (Lipinski definition) is 8. The van der Waals surface area contributed by atoms with Gasteiger partial charge in [0.1, 0.15) is 27.9 Å². The summed E-state index contributed by atoms with van der Waals surface area (Å²) in [6.07, 6.45) is 0. The Hall–Kier alpha value is -2.75. The van der Waals surface area contributed by atoms with Crippen molar-refractivity contribution in [3.05, 3.63) is 55.4 Å². The molecule has 0 aliphatic rings. The molecule has 0 aliphatic carbocycles. The number of aromatic amines is 1. The number of nitrogens with one attached hydrogen (secondary N) is 1. The molecule has 0 fully saturated rings. The molecule has 0 bridgehead atoms. The lowest BCUT2D eigenvalue weighted by Gasteiger charge is -2.18. The Morgan fingerprint density at radius 1 is 1.12 bits per heavy atom. The van der Waals surface area contributed by atoms with Crippen molar-refractivity contribution in [3.8, 4) is 5.75 Å². The number of ether oxygens (including phenoxy) is 3. The van der Waals surface area contributed by atoms with Crippen molar-refractivity contribution in [1.82, 2.24) is 14.9 Å². The second-order valence-corrected chi connectivity index (χ2v) is 8.81. The van der Waals surface area contributed by atoms with Crippen LogP contribution in [0.5, 0.6) is 5.75 Å². The molecule has 2 heterocycles. The van der Waals surface area contributed by atoms with Crippen LogP contribution in [0.25, 0.3) is 10.2 Å². The van der Waals surface area contributed by atoms with Gasteiger partial charge < -0.3 is 19.2 Å². The number of esters is 1. The molecule has 0 aliphatic heterocycles. The van der Waals surface area contributed by atoms with Crippen LogP contribution in [0.15, 0.2) is 16.9 Å². The van der Waals surface area contributed by atoms with E-state index in [0.717, 1.165) is 22.4 Å². The van der Waals surface area contributed by atoms with E-state index >= 15 is 0 Å². The van der Waals surface area contributed by atoms with Gasteiger partial charge in [-0.25, -0.2) is 9.78 Å². The fourth-order valence-corrected chi connectivity index (χ4v) is 4.91. The summed E-state index contributed by atoms with van der Waals surface area (Å²) in [6, 6.07) is 4.21. The molecule has 0 saturated carbocycles. The van der Waals surface area contributed by atoms with Gasteiger partial charge in [-0.2, -0.15) is 0 Å². The number of aromatic nitrogens is 2. The highest BCUT2D eigenvalue weighted by Gasteiger charge is 2.20. The molecular formula is C23H29N3O5S. The molecule has 0 radical (unpaired) electrons. The Kier molecular flexibility index (Phi) is 7.65. The highest BCUT2D eigenvalue weighted by atomic mass is 32.1. The fraction of sp³-hybridized carbons (Fsp3) is 0.435. The van der Waals surface area contributed by atoms with Gasteiger partial charge in [-0.3, -0.25) is 9.69 Å². The average molecular weight is 460 g/mol. The molecule has 0 amide bonds. The van der Waals surface area contributed by atoms with Crippen LogP contribution in [0, 0.1) is 20.8 Å². The van der Waals surface area contributed by atoms with Crippen LogP contribution in [-0.2, 0) is 22.6 Å². The van der Waals surface area contributed by atoms with E-state index in [1.165, 1.54) is 18.4 Å². The Bertz CT molecular complexity index is 1160. The summed E-state index contributed by atoms with van der Waals surface area (Å²) >= 11 is 1.18. The zero-order chi connectivity index (χ0) is 23.4. The van der Waals surface area contributed by atoms with Crippen LogP contribution in [0.1, 0.15) is 37.7 Å². The number of H-pyrrole nitrogens is 1. The van der Waals surface area contributed by atoms with E-state index in [9.17, 15) is 9.59 Å². The van der Waals surface area contributed by atoms with E-state index < -0.39 is 5.97 Å². The second kappa shape index (κ2) is 10.2. The van der Waals surface area contributed by atoms with E-state index in [2.05, 4.69) is 27.0 Å². The van der Waals surface area contributed by atoms with Crippen molar-refractivity contribution in [3.63, 3.8) is 0 Å². The Morgan fingerprint density at radius 2 is 1.81 bits per heavy atom. The highest BCUT2D eigenvalue weighted by molar-refractivity contribution is 7.20. The van der Waals surface area contributed by atoms with Gasteiger partial charge in [0.25, 0.3) is 5.56 Å². The predicted octanol–water partition coefficient (Wildman–Crippen LogP) is 3.35. The van der Waals surface area contributed by atoms with Crippen LogP contribution >= 0.6 is 11.3 Å². The topological polar surface area (TPSA) is 93.8 Å². The van der Waals surface area contributed by atoms with Crippen LogP contribution < -0.4 is 10.3 Å². The summed E-state index contributed by atoms with van der Waals surface area (Å²) in [7, 11) is 5.19. The zero-order valence-electron chi connectivity index (χ0n) is 19.3. The predicted molar refractivity (Wildman–Crippen MR) is 125 cm³/mol. The number of carbonyl (C=O) groups excluding carboxylic acids is 1. The zero-order valence-corrected chi connectivity index (χ0v) is 20.1. The lowest BCUT2D eigenvalue weighted by molar-refractivity contribution is 0.0393. The highest BCUT2D eigenvalue weighted by Crippen LogP contribution is 2.28. The lowest BCUT2D eigenvalue weighted by Crippen LogP contribution is -2.22. The Balaban J connectivity index is 1.79. The van der Waals surface area contributed by atoms with E-state index in [1.54, 1.807) is 14.0 Å². The molecule has 3 aromatic rings. The van der Waals surface area contributed by atoms with Gasteiger partial charge in [0.15, 0.2) is 0 Å². The number of methoxy groups -OCH3 is 2. The van der Waals surface area contributed by atoms with Crippen LogP contribution in [-0.4, -0.2) is 55.3 Å². The van der Waals surface area contributed by atoms with Crippen molar-refractivity contribution < 1.29 is 19.0 Å². The maximum absolute atomic E-state index is 12.7. The molecule has 8 nitrogen and oxygen atoms in total. The third-order valence-electron chi connectivity index (χ3n) is 5.15. The summed E-state index contributed by atoms with van der Waals surface area (Å²) in [4.78, 5) is 35.6. The third-order valence-corrected chi connectivity index (χ3v) is 6.32. The van der Waals surface area contributed by atoms with Crippen LogP contribution in [0.3, 0.4) is 0 Å². The SMILES string of the molecule is COCCOC(=O)c1sc2nc(CN(C)Cc3cc(C)c(OC)c(C)c3)[nH]c(=O)c2c1C. The van der Waals surface area contributed by atoms with E-state index in [0.29, 0.717) is 46.2 Å². The first-order chi connectivity index (χ1) is 15.2. The van der Waals surface area contributed by atoms with Crippen molar-refractivity contribution in [1.29, 1.82) is 0 Å². The van der Waals surface area contributed by atoms with E-state index in [-0.39, 0.29) is 12.2 Å². The second-order valence-electron chi connectivity index (χ2n) is 7.81. The number of carbonyl (C=O) groups is 1. The number of aryl methyl sites for hydroxylation is 3. The summed E-state index contributed by atoms with van der Waals surface area (Å²) in [5, 5.41) is 0.432. The molecule has 9 heteroatoms. The Morgan fingerprint density at radius 3 is 2.44 bits per heavy atom. The van der Waals surface area contributed by atoms with E-state index in [4.69, 9.17) is 14.2 Å². The first-order valence-electron chi connectivity index (χ1n) is 10.3. The number of benzene rings is 1. The van der Waals surface area contributed by atoms with Crippen molar-refractivity contribution in [2.45, 2.75) is 33.9 Å². The lowest BCUT2D eigenvalue weighted by atomic mass is 10.1. The minimum atomic E-state index is -0.467. The molecule has 172 valence electrons. The maximum Gasteiger partial charge on any atom is 0.348 e. The quantitative estimate of drug-likeness (QED) is 0.387. The summed E-state index contributed by atoms with van der Waals surface area (Å²) in [5.74, 6) is 0.982. The van der Waals surface area contributed by atoms with Crippen molar-refractivity contribution in [2.75, 3.05) is 34.5 Å².